The average molecular weight is 296 g/mol. The van der Waals surface area contributed by atoms with Gasteiger partial charge in [-0.1, -0.05) is 84.9 Å². The quantitative estimate of drug-likeness (QED) is 0.639. The molecule has 0 spiro atoms. The Labute approximate surface area is 135 Å². The monoisotopic (exact) mass is 296 g/mol. The van der Waals surface area contributed by atoms with E-state index in [1.807, 2.05) is 0 Å². The van der Waals surface area contributed by atoms with Crippen LogP contribution in [-0.4, -0.2) is 0 Å². The second-order valence-electron chi connectivity index (χ2n) is 6.12. The van der Waals surface area contributed by atoms with Gasteiger partial charge in [-0.05, 0) is 33.9 Å². The molecule has 23 heavy (non-hydrogen) atoms. The fraction of sp³-hybridized carbons (Fsp3) is 0.0909. The third kappa shape index (κ3) is 1.66. The number of rotatable bonds is 2. The Balaban J connectivity index is 1.81. The molecule has 2 aliphatic rings. The van der Waals surface area contributed by atoms with Gasteiger partial charge in [-0.15, -0.1) is 0 Å². The normalized spacial score (nSPS) is 24.3. The molecule has 0 radical (unpaired) electrons. The Bertz CT molecular complexity index is 896. The molecule has 0 amide bonds. The summed E-state index contributed by atoms with van der Waals surface area (Å²) in [6.07, 6.45) is 2.33. The summed E-state index contributed by atoms with van der Waals surface area (Å²) in [4.78, 5) is 0. The SMILES string of the molecule is C1=C(c2ccccc2)C2(c3ccccc3)OC1c1ccccc12. The molecule has 0 saturated heterocycles. The number of hydrogen-bond acceptors (Lipinski definition) is 1. The van der Waals surface area contributed by atoms with Gasteiger partial charge in [-0.2, -0.15) is 0 Å². The Morgan fingerprint density at radius 1 is 0.696 bits per heavy atom. The summed E-state index contributed by atoms with van der Waals surface area (Å²) in [7, 11) is 0. The van der Waals surface area contributed by atoms with Crippen molar-refractivity contribution in [3.8, 4) is 0 Å². The van der Waals surface area contributed by atoms with Crippen LogP contribution in [0.3, 0.4) is 0 Å². The van der Waals surface area contributed by atoms with Crippen LogP contribution in [0, 0.1) is 0 Å². The highest BCUT2D eigenvalue weighted by atomic mass is 16.5. The van der Waals surface area contributed by atoms with E-state index in [0.717, 1.165) is 0 Å². The molecule has 2 aliphatic heterocycles. The van der Waals surface area contributed by atoms with Gasteiger partial charge in [0.25, 0.3) is 0 Å². The second kappa shape index (κ2) is 4.68. The van der Waals surface area contributed by atoms with E-state index in [4.69, 9.17) is 4.74 Å². The molecule has 0 fully saturated rings. The average Bonchev–Trinajstić information content (AvgIpc) is 3.19. The highest BCUT2D eigenvalue weighted by molar-refractivity contribution is 5.83. The van der Waals surface area contributed by atoms with Crippen molar-refractivity contribution in [2.24, 2.45) is 0 Å². The van der Waals surface area contributed by atoms with Crippen LogP contribution in [0.4, 0.5) is 0 Å². The fourth-order valence-corrected chi connectivity index (χ4v) is 3.95. The van der Waals surface area contributed by atoms with Gasteiger partial charge < -0.3 is 4.74 Å². The van der Waals surface area contributed by atoms with Crippen LogP contribution in [0.2, 0.25) is 0 Å². The van der Waals surface area contributed by atoms with E-state index in [9.17, 15) is 0 Å². The summed E-state index contributed by atoms with van der Waals surface area (Å²) in [6, 6.07) is 29.7. The standard InChI is InChI=1S/C22H16O/c1-3-9-16(10-4-1)20-15-21-18-13-7-8-14-19(18)22(20,23-21)17-11-5-2-6-12-17/h1-15,21H. The summed E-state index contributed by atoms with van der Waals surface area (Å²) in [5.74, 6) is 0. The van der Waals surface area contributed by atoms with Crippen molar-refractivity contribution in [3.63, 3.8) is 0 Å². The minimum Gasteiger partial charge on any atom is -0.349 e. The summed E-state index contributed by atoms with van der Waals surface area (Å²) in [5.41, 5.74) is 5.77. The Morgan fingerprint density at radius 2 is 1.35 bits per heavy atom. The number of ether oxygens (including phenoxy) is 1. The van der Waals surface area contributed by atoms with Crippen LogP contribution in [0.1, 0.15) is 28.4 Å². The lowest BCUT2D eigenvalue weighted by molar-refractivity contribution is 0.0321. The molecule has 2 bridgehead atoms. The number of hydrogen-bond donors (Lipinski definition) is 0. The first kappa shape index (κ1) is 12.9. The lowest BCUT2D eigenvalue weighted by Crippen LogP contribution is -2.26. The Hall–Kier alpha value is -2.64. The predicted molar refractivity (Wildman–Crippen MR) is 91.9 cm³/mol. The van der Waals surface area contributed by atoms with Crippen LogP contribution in [0.25, 0.3) is 5.57 Å². The number of benzene rings is 3. The fourth-order valence-electron chi connectivity index (χ4n) is 3.95. The minimum absolute atomic E-state index is 0.0432. The van der Waals surface area contributed by atoms with Crippen molar-refractivity contribution in [2.75, 3.05) is 0 Å². The first-order valence-corrected chi connectivity index (χ1v) is 8.00. The van der Waals surface area contributed by atoms with Gasteiger partial charge >= 0.3 is 0 Å². The predicted octanol–water partition coefficient (Wildman–Crippen LogP) is 5.10. The van der Waals surface area contributed by atoms with Gasteiger partial charge in [0.2, 0.25) is 0 Å². The molecule has 1 nitrogen and oxygen atoms in total. The zero-order valence-electron chi connectivity index (χ0n) is 12.6. The highest BCUT2D eigenvalue weighted by Gasteiger charge is 2.53. The molecule has 2 heterocycles. The van der Waals surface area contributed by atoms with Crippen molar-refractivity contribution < 1.29 is 4.74 Å². The summed E-state index contributed by atoms with van der Waals surface area (Å²) >= 11 is 0. The van der Waals surface area contributed by atoms with E-state index in [2.05, 4.69) is 91.0 Å². The molecule has 0 aliphatic carbocycles. The van der Waals surface area contributed by atoms with E-state index in [1.54, 1.807) is 0 Å². The smallest absolute Gasteiger partial charge is 0.145 e. The summed E-state index contributed by atoms with van der Waals surface area (Å²) < 4.78 is 6.59. The lowest BCUT2D eigenvalue weighted by atomic mass is 9.74. The van der Waals surface area contributed by atoms with Crippen LogP contribution >= 0.6 is 0 Å². The maximum Gasteiger partial charge on any atom is 0.145 e. The molecule has 0 aromatic heterocycles. The molecule has 110 valence electrons. The van der Waals surface area contributed by atoms with Crippen molar-refractivity contribution in [1.29, 1.82) is 0 Å². The minimum atomic E-state index is -0.482. The van der Waals surface area contributed by atoms with Crippen molar-refractivity contribution >= 4 is 5.57 Å². The molecular formula is C22H16O. The second-order valence-corrected chi connectivity index (χ2v) is 6.12. The topological polar surface area (TPSA) is 9.23 Å². The summed E-state index contributed by atoms with van der Waals surface area (Å²) in [6.45, 7) is 0. The molecule has 2 unspecified atom stereocenters. The molecule has 3 aromatic rings. The van der Waals surface area contributed by atoms with Crippen molar-refractivity contribution in [1.82, 2.24) is 0 Å². The number of fused-ring (bicyclic) bond motifs is 5. The van der Waals surface area contributed by atoms with Gasteiger partial charge in [-0.3, -0.25) is 0 Å². The zero-order chi connectivity index (χ0) is 15.3. The van der Waals surface area contributed by atoms with Crippen LogP contribution in [-0.2, 0) is 10.3 Å². The molecule has 3 aromatic carbocycles. The maximum absolute atomic E-state index is 6.59. The lowest BCUT2D eigenvalue weighted by Gasteiger charge is -2.31. The van der Waals surface area contributed by atoms with Crippen LogP contribution in [0.5, 0.6) is 0 Å². The first-order chi connectivity index (χ1) is 11.4. The highest BCUT2D eigenvalue weighted by Crippen LogP contribution is 2.60. The first-order valence-electron chi connectivity index (χ1n) is 8.00. The van der Waals surface area contributed by atoms with E-state index in [1.165, 1.54) is 27.8 Å². The maximum atomic E-state index is 6.59. The van der Waals surface area contributed by atoms with E-state index < -0.39 is 5.60 Å². The van der Waals surface area contributed by atoms with Crippen molar-refractivity contribution in [3.05, 3.63) is 113 Å². The Morgan fingerprint density at radius 3 is 2.13 bits per heavy atom. The van der Waals surface area contributed by atoms with E-state index in [-0.39, 0.29) is 6.10 Å². The van der Waals surface area contributed by atoms with Gasteiger partial charge in [0.1, 0.15) is 11.7 Å². The third-order valence-corrected chi connectivity index (χ3v) is 4.91. The van der Waals surface area contributed by atoms with Crippen molar-refractivity contribution in [2.45, 2.75) is 11.7 Å². The largest absolute Gasteiger partial charge is 0.349 e. The van der Waals surface area contributed by atoms with E-state index >= 15 is 0 Å². The van der Waals surface area contributed by atoms with Gasteiger partial charge in [0, 0.05) is 0 Å². The Kier molecular flexibility index (Phi) is 2.61. The van der Waals surface area contributed by atoms with Gasteiger partial charge in [-0.25, -0.2) is 0 Å². The van der Waals surface area contributed by atoms with Crippen LogP contribution < -0.4 is 0 Å². The third-order valence-electron chi connectivity index (χ3n) is 4.91. The van der Waals surface area contributed by atoms with E-state index in [0.29, 0.717) is 0 Å². The molecule has 5 rings (SSSR count). The van der Waals surface area contributed by atoms with Crippen LogP contribution in [0.15, 0.2) is 91.0 Å². The molecular weight excluding hydrogens is 280 g/mol. The molecule has 1 heteroatoms. The van der Waals surface area contributed by atoms with Gasteiger partial charge in [0.15, 0.2) is 0 Å². The molecule has 0 saturated carbocycles. The molecule has 2 atom stereocenters. The zero-order valence-corrected chi connectivity index (χ0v) is 12.6. The summed E-state index contributed by atoms with van der Waals surface area (Å²) in [5, 5.41) is 0. The molecule has 0 N–H and O–H groups in total. The van der Waals surface area contributed by atoms with Gasteiger partial charge in [0.05, 0.1) is 0 Å².